The maximum atomic E-state index is 12.3. The summed E-state index contributed by atoms with van der Waals surface area (Å²) in [6.45, 7) is 1.94. The van der Waals surface area contributed by atoms with Crippen molar-refractivity contribution in [2.24, 2.45) is 0 Å². The van der Waals surface area contributed by atoms with Gasteiger partial charge in [0.05, 0.1) is 24.5 Å². The third kappa shape index (κ3) is 3.46. The molecule has 1 aliphatic heterocycles. The SMILES string of the molecule is O=C(c1cn[nH]c1)N1CCC[C@H](OCc2cccnc2)C1. The fraction of sp³-hybridized carbons (Fsp3) is 0.400. The van der Waals surface area contributed by atoms with Crippen LogP contribution in [0.5, 0.6) is 0 Å². The van der Waals surface area contributed by atoms with E-state index in [1.54, 1.807) is 24.8 Å². The van der Waals surface area contributed by atoms with Gasteiger partial charge in [0.2, 0.25) is 0 Å². The largest absolute Gasteiger partial charge is 0.372 e. The molecule has 0 saturated carbocycles. The zero-order chi connectivity index (χ0) is 14.5. The van der Waals surface area contributed by atoms with Crippen molar-refractivity contribution in [3.63, 3.8) is 0 Å². The predicted molar refractivity (Wildman–Crippen MR) is 76.5 cm³/mol. The van der Waals surface area contributed by atoms with Crippen molar-refractivity contribution >= 4 is 5.91 Å². The fourth-order valence-corrected chi connectivity index (χ4v) is 2.51. The first-order chi connectivity index (χ1) is 10.3. The quantitative estimate of drug-likeness (QED) is 0.927. The number of hydrogen-bond donors (Lipinski definition) is 1. The normalized spacial score (nSPS) is 18.7. The van der Waals surface area contributed by atoms with Crippen LogP contribution in [0.4, 0.5) is 0 Å². The average Bonchev–Trinajstić information content (AvgIpc) is 3.08. The van der Waals surface area contributed by atoms with E-state index in [1.807, 2.05) is 17.0 Å². The molecule has 0 aromatic carbocycles. The van der Waals surface area contributed by atoms with E-state index in [1.165, 1.54) is 0 Å². The molecule has 0 aliphatic carbocycles. The van der Waals surface area contributed by atoms with Crippen molar-refractivity contribution in [1.82, 2.24) is 20.1 Å². The van der Waals surface area contributed by atoms with Crippen molar-refractivity contribution in [3.8, 4) is 0 Å². The van der Waals surface area contributed by atoms with Crippen LogP contribution in [0.15, 0.2) is 36.9 Å². The van der Waals surface area contributed by atoms with E-state index in [0.717, 1.165) is 24.9 Å². The predicted octanol–water partition coefficient (Wildman–Crippen LogP) is 1.63. The second kappa shape index (κ2) is 6.49. The highest BCUT2D eigenvalue weighted by molar-refractivity contribution is 5.93. The van der Waals surface area contributed by atoms with Crippen molar-refractivity contribution in [1.29, 1.82) is 0 Å². The zero-order valence-electron chi connectivity index (χ0n) is 11.7. The number of H-pyrrole nitrogens is 1. The molecule has 1 amide bonds. The molecule has 0 bridgehead atoms. The molecule has 3 heterocycles. The zero-order valence-corrected chi connectivity index (χ0v) is 11.7. The van der Waals surface area contributed by atoms with Crippen LogP contribution < -0.4 is 0 Å². The number of aromatic nitrogens is 3. The van der Waals surface area contributed by atoms with Gasteiger partial charge in [-0.25, -0.2) is 0 Å². The van der Waals surface area contributed by atoms with Crippen molar-refractivity contribution in [3.05, 3.63) is 48.0 Å². The lowest BCUT2D eigenvalue weighted by atomic mass is 10.1. The molecule has 6 heteroatoms. The first kappa shape index (κ1) is 13.8. The summed E-state index contributed by atoms with van der Waals surface area (Å²) in [6, 6.07) is 3.89. The van der Waals surface area contributed by atoms with Crippen LogP contribution in [0.1, 0.15) is 28.8 Å². The van der Waals surface area contributed by atoms with Crippen LogP contribution in [0.3, 0.4) is 0 Å². The van der Waals surface area contributed by atoms with Gasteiger partial charge >= 0.3 is 0 Å². The minimum absolute atomic E-state index is 0.0124. The molecular formula is C15H18N4O2. The molecular weight excluding hydrogens is 268 g/mol. The molecule has 1 aliphatic rings. The number of ether oxygens (including phenoxy) is 1. The Bertz CT molecular complexity index is 571. The van der Waals surface area contributed by atoms with Gasteiger partial charge in [0, 0.05) is 31.7 Å². The number of carbonyl (C=O) groups excluding carboxylic acids is 1. The fourth-order valence-electron chi connectivity index (χ4n) is 2.51. The van der Waals surface area contributed by atoms with Gasteiger partial charge in [-0.15, -0.1) is 0 Å². The van der Waals surface area contributed by atoms with Gasteiger partial charge in [0.1, 0.15) is 0 Å². The number of likely N-dealkylation sites (tertiary alicyclic amines) is 1. The van der Waals surface area contributed by atoms with Crippen LogP contribution in [-0.2, 0) is 11.3 Å². The van der Waals surface area contributed by atoms with E-state index in [-0.39, 0.29) is 12.0 Å². The van der Waals surface area contributed by atoms with Crippen molar-refractivity contribution in [2.45, 2.75) is 25.6 Å². The summed E-state index contributed by atoms with van der Waals surface area (Å²) in [7, 11) is 0. The molecule has 1 N–H and O–H groups in total. The van der Waals surface area contributed by atoms with E-state index in [2.05, 4.69) is 15.2 Å². The maximum Gasteiger partial charge on any atom is 0.257 e. The van der Waals surface area contributed by atoms with E-state index in [4.69, 9.17) is 4.74 Å². The Morgan fingerprint density at radius 3 is 3.19 bits per heavy atom. The lowest BCUT2D eigenvalue weighted by Gasteiger charge is -2.32. The maximum absolute atomic E-state index is 12.3. The number of amides is 1. The number of aromatic amines is 1. The van der Waals surface area contributed by atoms with E-state index in [9.17, 15) is 4.79 Å². The Morgan fingerprint density at radius 2 is 2.43 bits per heavy atom. The number of piperidine rings is 1. The molecule has 0 radical (unpaired) electrons. The van der Waals surface area contributed by atoms with Crippen molar-refractivity contribution < 1.29 is 9.53 Å². The number of nitrogens with one attached hydrogen (secondary N) is 1. The summed E-state index contributed by atoms with van der Waals surface area (Å²) >= 11 is 0. The smallest absolute Gasteiger partial charge is 0.257 e. The Balaban J connectivity index is 1.55. The molecule has 1 saturated heterocycles. The highest BCUT2D eigenvalue weighted by atomic mass is 16.5. The summed E-state index contributed by atoms with van der Waals surface area (Å²) in [4.78, 5) is 18.2. The summed E-state index contributed by atoms with van der Waals surface area (Å²) in [5.41, 5.74) is 1.65. The molecule has 0 spiro atoms. The molecule has 21 heavy (non-hydrogen) atoms. The molecule has 2 aromatic rings. The standard InChI is InChI=1S/C15H18N4O2/c20-15(13-8-17-18-9-13)19-6-2-4-14(10-19)21-11-12-3-1-5-16-7-12/h1,3,5,7-9,14H,2,4,6,10-11H2,(H,17,18)/t14-/m0/s1. The Hall–Kier alpha value is -2.21. The van der Waals surface area contributed by atoms with E-state index < -0.39 is 0 Å². The minimum atomic E-state index is 0.0124. The molecule has 110 valence electrons. The number of nitrogens with zero attached hydrogens (tertiary/aromatic N) is 3. The van der Waals surface area contributed by atoms with Gasteiger partial charge in [0.15, 0.2) is 0 Å². The van der Waals surface area contributed by atoms with Crippen LogP contribution in [0.25, 0.3) is 0 Å². The first-order valence-corrected chi connectivity index (χ1v) is 7.11. The molecule has 0 unspecified atom stereocenters. The molecule has 3 rings (SSSR count). The van der Waals surface area contributed by atoms with Crippen LogP contribution in [0, 0.1) is 0 Å². The molecule has 2 aromatic heterocycles. The van der Waals surface area contributed by atoms with E-state index in [0.29, 0.717) is 18.7 Å². The molecule has 1 fully saturated rings. The highest BCUT2D eigenvalue weighted by Gasteiger charge is 2.25. The Labute approximate surface area is 123 Å². The first-order valence-electron chi connectivity index (χ1n) is 7.11. The average molecular weight is 286 g/mol. The van der Waals surface area contributed by atoms with Gasteiger partial charge < -0.3 is 9.64 Å². The van der Waals surface area contributed by atoms with Crippen LogP contribution >= 0.6 is 0 Å². The highest BCUT2D eigenvalue weighted by Crippen LogP contribution is 2.17. The lowest BCUT2D eigenvalue weighted by molar-refractivity contribution is -0.00681. The topological polar surface area (TPSA) is 71.1 Å². The monoisotopic (exact) mass is 286 g/mol. The molecule has 1 atom stereocenters. The molecule has 6 nitrogen and oxygen atoms in total. The number of rotatable bonds is 4. The van der Waals surface area contributed by atoms with Crippen LogP contribution in [-0.4, -0.2) is 45.2 Å². The van der Waals surface area contributed by atoms with Gasteiger partial charge in [-0.05, 0) is 24.5 Å². The summed E-state index contributed by atoms with van der Waals surface area (Å²) in [5, 5.41) is 6.49. The van der Waals surface area contributed by atoms with Gasteiger partial charge in [-0.3, -0.25) is 14.9 Å². The summed E-state index contributed by atoms with van der Waals surface area (Å²) in [5.74, 6) is 0.0124. The van der Waals surface area contributed by atoms with Gasteiger partial charge in [-0.2, -0.15) is 5.10 Å². The Kier molecular flexibility index (Phi) is 4.25. The third-order valence-electron chi connectivity index (χ3n) is 3.62. The van der Waals surface area contributed by atoms with Crippen LogP contribution in [0.2, 0.25) is 0 Å². The summed E-state index contributed by atoms with van der Waals surface area (Å²) < 4.78 is 5.91. The Morgan fingerprint density at radius 1 is 1.48 bits per heavy atom. The number of pyridine rings is 1. The second-order valence-electron chi connectivity index (χ2n) is 5.17. The van der Waals surface area contributed by atoms with Gasteiger partial charge in [-0.1, -0.05) is 6.07 Å². The number of carbonyl (C=O) groups is 1. The minimum Gasteiger partial charge on any atom is -0.372 e. The number of hydrogen-bond acceptors (Lipinski definition) is 4. The second-order valence-corrected chi connectivity index (χ2v) is 5.17. The third-order valence-corrected chi connectivity index (χ3v) is 3.62. The summed E-state index contributed by atoms with van der Waals surface area (Å²) in [6.07, 6.45) is 8.75. The van der Waals surface area contributed by atoms with Crippen molar-refractivity contribution in [2.75, 3.05) is 13.1 Å². The lowest BCUT2D eigenvalue weighted by Crippen LogP contribution is -2.43. The van der Waals surface area contributed by atoms with Gasteiger partial charge in [0.25, 0.3) is 5.91 Å². The van der Waals surface area contributed by atoms with E-state index >= 15 is 0 Å².